The molecule has 4 aromatic rings. The highest BCUT2D eigenvalue weighted by Gasteiger charge is 2.26. The van der Waals surface area contributed by atoms with E-state index in [-0.39, 0.29) is 12.0 Å². The molecule has 0 unspecified atom stereocenters. The Hall–Kier alpha value is -2.58. The molecule has 182 valence electrons. The average molecular weight is 529 g/mol. The van der Waals surface area contributed by atoms with Crippen LogP contribution in [0.2, 0.25) is 10.0 Å². The van der Waals surface area contributed by atoms with Gasteiger partial charge in [-0.05, 0) is 65.9 Å². The quantitative estimate of drug-likeness (QED) is 0.306. The minimum atomic E-state index is -3.15. The topological polar surface area (TPSA) is 78.1 Å². The van der Waals surface area contributed by atoms with Gasteiger partial charge >= 0.3 is 0 Å². The number of anilines is 1. The Morgan fingerprint density at radius 1 is 0.914 bits per heavy atom. The summed E-state index contributed by atoms with van der Waals surface area (Å²) >= 11 is 12.3. The largest absolute Gasteiger partial charge is 0.365 e. The summed E-state index contributed by atoms with van der Waals surface area (Å²) in [5, 5.41) is 13.6. The van der Waals surface area contributed by atoms with E-state index < -0.39 is 10.0 Å². The molecule has 9 heteroatoms. The first-order valence-corrected chi connectivity index (χ1v) is 14.1. The van der Waals surface area contributed by atoms with Crippen molar-refractivity contribution in [2.45, 2.75) is 24.8 Å². The Morgan fingerprint density at radius 3 is 2.00 bits per heavy atom. The first kappa shape index (κ1) is 24.1. The number of piperidine rings is 1. The van der Waals surface area contributed by atoms with Crippen LogP contribution >= 0.6 is 23.2 Å². The number of benzene rings is 3. The number of hydrogen-bond acceptors (Lipinski definition) is 4. The van der Waals surface area contributed by atoms with Gasteiger partial charge in [0, 0.05) is 40.5 Å². The number of halogens is 2. The van der Waals surface area contributed by atoms with Crippen molar-refractivity contribution >= 4 is 49.9 Å². The van der Waals surface area contributed by atoms with Gasteiger partial charge in [0.15, 0.2) is 5.82 Å². The molecule has 3 aromatic carbocycles. The van der Waals surface area contributed by atoms with Crippen molar-refractivity contribution in [3.05, 3.63) is 93.5 Å². The number of fused-ring (bicyclic) bond motifs is 1. The summed E-state index contributed by atoms with van der Waals surface area (Å²) in [7, 11) is -3.15. The number of aromatic amines is 1. The van der Waals surface area contributed by atoms with Crippen LogP contribution in [0.4, 0.5) is 5.82 Å². The molecule has 1 fully saturated rings. The third-order valence-electron chi connectivity index (χ3n) is 6.59. The number of aromatic nitrogens is 2. The zero-order valence-corrected chi connectivity index (χ0v) is 21.5. The van der Waals surface area contributed by atoms with Crippen LogP contribution in [0.3, 0.4) is 0 Å². The molecule has 1 aliphatic heterocycles. The van der Waals surface area contributed by atoms with Crippen LogP contribution in [0.25, 0.3) is 10.9 Å². The van der Waals surface area contributed by atoms with Gasteiger partial charge in [0.2, 0.25) is 10.0 Å². The SMILES string of the molecule is CS(=O)(=O)N1CCC(Nc2n[nH]c3ccc(C(c4ccc(Cl)cc4)c4ccc(Cl)cc4)cc23)CC1. The van der Waals surface area contributed by atoms with Gasteiger partial charge in [-0.3, -0.25) is 5.10 Å². The zero-order chi connectivity index (χ0) is 24.6. The average Bonchev–Trinajstić information content (AvgIpc) is 3.23. The lowest BCUT2D eigenvalue weighted by atomic mass is 9.85. The smallest absolute Gasteiger partial charge is 0.211 e. The summed E-state index contributed by atoms with van der Waals surface area (Å²) in [6.07, 6.45) is 2.74. The molecular weight excluding hydrogens is 503 g/mol. The summed E-state index contributed by atoms with van der Waals surface area (Å²) in [5.74, 6) is 0.778. The molecular formula is C26H26Cl2N4O2S. The van der Waals surface area contributed by atoms with Gasteiger partial charge in [0.1, 0.15) is 0 Å². The molecule has 0 saturated carbocycles. The maximum absolute atomic E-state index is 11.8. The molecule has 5 rings (SSSR count). The van der Waals surface area contributed by atoms with Gasteiger partial charge in [0.05, 0.1) is 11.8 Å². The summed E-state index contributed by atoms with van der Waals surface area (Å²) < 4.78 is 25.2. The number of H-pyrrole nitrogens is 1. The second-order valence-corrected chi connectivity index (χ2v) is 11.8. The van der Waals surface area contributed by atoms with E-state index in [1.54, 1.807) is 0 Å². The number of nitrogens with one attached hydrogen (secondary N) is 2. The van der Waals surface area contributed by atoms with E-state index in [1.165, 1.54) is 10.6 Å². The second-order valence-electron chi connectivity index (χ2n) is 8.99. The molecule has 1 saturated heterocycles. The van der Waals surface area contributed by atoms with Crippen molar-refractivity contribution in [2.24, 2.45) is 0 Å². The van der Waals surface area contributed by atoms with Crippen LogP contribution in [0, 0.1) is 0 Å². The van der Waals surface area contributed by atoms with Crippen LogP contribution in [-0.4, -0.2) is 48.3 Å². The van der Waals surface area contributed by atoms with Gasteiger partial charge in [-0.15, -0.1) is 0 Å². The Bertz CT molecular complexity index is 1380. The van der Waals surface area contributed by atoms with E-state index in [9.17, 15) is 8.42 Å². The maximum Gasteiger partial charge on any atom is 0.211 e. The highest BCUT2D eigenvalue weighted by molar-refractivity contribution is 7.88. The maximum atomic E-state index is 11.8. The predicted octanol–water partition coefficient (Wildman–Crippen LogP) is 5.89. The van der Waals surface area contributed by atoms with Crippen molar-refractivity contribution in [2.75, 3.05) is 24.7 Å². The van der Waals surface area contributed by atoms with Crippen molar-refractivity contribution in [3.63, 3.8) is 0 Å². The van der Waals surface area contributed by atoms with Crippen LogP contribution in [0.5, 0.6) is 0 Å². The van der Waals surface area contributed by atoms with E-state index in [2.05, 4.69) is 51.9 Å². The lowest BCUT2D eigenvalue weighted by molar-refractivity contribution is 0.331. The fourth-order valence-corrected chi connectivity index (χ4v) is 5.86. The predicted molar refractivity (Wildman–Crippen MR) is 143 cm³/mol. The highest BCUT2D eigenvalue weighted by Crippen LogP contribution is 2.36. The zero-order valence-electron chi connectivity index (χ0n) is 19.2. The normalized spacial score (nSPS) is 15.7. The molecule has 0 aliphatic carbocycles. The van der Waals surface area contributed by atoms with Gasteiger partial charge in [-0.1, -0.05) is 53.5 Å². The molecule has 1 aliphatic rings. The summed E-state index contributed by atoms with van der Waals surface area (Å²) in [6, 6.07) is 22.3. The van der Waals surface area contributed by atoms with E-state index in [0.29, 0.717) is 23.1 Å². The Kier molecular flexibility index (Phi) is 6.77. The van der Waals surface area contributed by atoms with Gasteiger partial charge < -0.3 is 5.32 Å². The number of hydrogen-bond donors (Lipinski definition) is 2. The third-order valence-corrected chi connectivity index (χ3v) is 8.40. The first-order valence-electron chi connectivity index (χ1n) is 11.5. The van der Waals surface area contributed by atoms with Crippen molar-refractivity contribution < 1.29 is 8.42 Å². The summed E-state index contributed by atoms with van der Waals surface area (Å²) in [5.41, 5.74) is 4.32. The van der Waals surface area contributed by atoms with Gasteiger partial charge in [-0.25, -0.2) is 12.7 Å². The Morgan fingerprint density at radius 2 is 1.46 bits per heavy atom. The molecule has 2 N–H and O–H groups in total. The van der Waals surface area contributed by atoms with Crippen molar-refractivity contribution in [3.8, 4) is 0 Å². The van der Waals surface area contributed by atoms with E-state index >= 15 is 0 Å². The third kappa shape index (κ3) is 5.33. The molecule has 0 bridgehead atoms. The van der Waals surface area contributed by atoms with E-state index in [0.717, 1.165) is 46.3 Å². The minimum Gasteiger partial charge on any atom is -0.365 e. The molecule has 0 amide bonds. The number of sulfonamides is 1. The van der Waals surface area contributed by atoms with Gasteiger partial charge in [-0.2, -0.15) is 5.10 Å². The molecule has 1 aromatic heterocycles. The Balaban J connectivity index is 1.47. The van der Waals surface area contributed by atoms with Crippen LogP contribution in [0.15, 0.2) is 66.7 Å². The fraction of sp³-hybridized carbons (Fsp3) is 0.269. The lowest BCUT2D eigenvalue weighted by Crippen LogP contribution is -2.41. The monoisotopic (exact) mass is 528 g/mol. The van der Waals surface area contributed by atoms with Gasteiger partial charge in [0.25, 0.3) is 0 Å². The lowest BCUT2D eigenvalue weighted by Gasteiger charge is -2.30. The summed E-state index contributed by atoms with van der Waals surface area (Å²) in [6.45, 7) is 1.03. The Labute approximate surface area is 215 Å². The van der Waals surface area contributed by atoms with E-state index in [4.69, 9.17) is 23.2 Å². The highest BCUT2D eigenvalue weighted by atomic mass is 35.5. The number of rotatable bonds is 6. The number of nitrogens with zero attached hydrogens (tertiary/aromatic N) is 2. The van der Waals surface area contributed by atoms with Crippen molar-refractivity contribution in [1.29, 1.82) is 0 Å². The molecule has 0 atom stereocenters. The van der Waals surface area contributed by atoms with Crippen LogP contribution in [-0.2, 0) is 10.0 Å². The minimum absolute atomic E-state index is 0.00492. The van der Waals surface area contributed by atoms with Crippen molar-refractivity contribution in [1.82, 2.24) is 14.5 Å². The molecule has 2 heterocycles. The van der Waals surface area contributed by atoms with E-state index in [1.807, 2.05) is 30.3 Å². The molecule has 0 spiro atoms. The van der Waals surface area contributed by atoms with Crippen LogP contribution < -0.4 is 5.32 Å². The second kappa shape index (κ2) is 9.82. The molecule has 6 nitrogen and oxygen atoms in total. The standard InChI is InChI=1S/C26H26Cl2N4O2S/c1-35(33,34)32-14-12-22(13-15-32)29-26-23-16-19(6-11-24(23)30-31-26)25(17-2-7-20(27)8-3-17)18-4-9-21(28)10-5-18/h2-11,16,22,25H,12-15H2,1H3,(H2,29,30,31). The van der Waals surface area contributed by atoms with Crippen LogP contribution in [0.1, 0.15) is 35.4 Å². The summed E-state index contributed by atoms with van der Waals surface area (Å²) in [4.78, 5) is 0. The fourth-order valence-electron chi connectivity index (χ4n) is 4.73. The molecule has 35 heavy (non-hydrogen) atoms. The molecule has 0 radical (unpaired) electrons. The first-order chi connectivity index (χ1) is 16.8.